The summed E-state index contributed by atoms with van der Waals surface area (Å²) in [6.45, 7) is 2.60. The molecular weight excluding hydrogens is 456 g/mol. The molecule has 0 radical (unpaired) electrons. The number of ether oxygens (including phenoxy) is 2. The topological polar surface area (TPSA) is 73.6 Å². The zero-order valence-electron chi connectivity index (χ0n) is 18.2. The van der Waals surface area contributed by atoms with Crippen molar-refractivity contribution in [2.24, 2.45) is 0 Å². The third-order valence-corrected chi connectivity index (χ3v) is 7.34. The van der Waals surface area contributed by atoms with Crippen molar-refractivity contribution in [1.82, 2.24) is 4.98 Å². The van der Waals surface area contributed by atoms with Crippen molar-refractivity contribution >= 4 is 66.8 Å². The fourth-order valence-electron chi connectivity index (χ4n) is 3.66. The van der Waals surface area contributed by atoms with Gasteiger partial charge in [0.05, 0.1) is 29.6 Å². The number of para-hydroxylation sites is 1. The number of amides is 1. The molecule has 0 saturated carbocycles. The molecule has 33 heavy (non-hydrogen) atoms. The predicted molar refractivity (Wildman–Crippen MR) is 135 cm³/mol. The Labute approximate surface area is 198 Å². The van der Waals surface area contributed by atoms with E-state index in [0.717, 1.165) is 36.7 Å². The maximum atomic E-state index is 12.6. The molecule has 0 unspecified atom stereocenters. The Morgan fingerprint density at radius 3 is 2.85 bits per heavy atom. The fourth-order valence-corrected chi connectivity index (χ4v) is 5.77. The maximum absolute atomic E-state index is 12.6. The Bertz CT molecular complexity index is 1460. The Kier molecular flexibility index (Phi) is 6.11. The van der Waals surface area contributed by atoms with Crippen molar-refractivity contribution in [2.45, 2.75) is 17.7 Å². The number of rotatable bonds is 8. The molecule has 2 heterocycles. The van der Waals surface area contributed by atoms with Crippen LogP contribution in [0.15, 0.2) is 63.4 Å². The molecule has 0 aliphatic rings. The highest BCUT2D eigenvalue weighted by molar-refractivity contribution is 8.01. The lowest BCUT2D eigenvalue weighted by Crippen LogP contribution is -2.12. The molecule has 168 valence electrons. The highest BCUT2D eigenvalue weighted by atomic mass is 32.2. The maximum Gasteiger partial charge on any atom is 0.225 e. The number of thioether (sulfide) groups is 1. The summed E-state index contributed by atoms with van der Waals surface area (Å²) in [5, 5.41) is 4.94. The van der Waals surface area contributed by atoms with Crippen molar-refractivity contribution in [3.8, 4) is 11.5 Å². The largest absolute Gasteiger partial charge is 0.495 e. The van der Waals surface area contributed by atoms with Gasteiger partial charge in [-0.1, -0.05) is 30.0 Å². The number of benzene rings is 3. The molecule has 1 amide bonds. The molecule has 0 spiro atoms. The minimum Gasteiger partial charge on any atom is -0.495 e. The highest BCUT2D eigenvalue weighted by Gasteiger charge is 2.14. The first-order chi connectivity index (χ1) is 16.1. The number of carbonyl (C=O) groups excluding carboxylic acids is 1. The Balaban J connectivity index is 1.25. The van der Waals surface area contributed by atoms with Crippen molar-refractivity contribution in [2.75, 3.05) is 24.8 Å². The molecule has 5 aromatic rings. The van der Waals surface area contributed by atoms with Crippen LogP contribution in [0, 0.1) is 0 Å². The number of methoxy groups -OCH3 is 1. The van der Waals surface area contributed by atoms with E-state index < -0.39 is 0 Å². The molecule has 0 aliphatic carbocycles. The van der Waals surface area contributed by atoms with Gasteiger partial charge in [0.2, 0.25) is 5.91 Å². The number of aromatic nitrogens is 1. The van der Waals surface area contributed by atoms with Crippen LogP contribution in [0.3, 0.4) is 0 Å². The van der Waals surface area contributed by atoms with Crippen molar-refractivity contribution < 1.29 is 18.7 Å². The van der Waals surface area contributed by atoms with E-state index in [1.165, 1.54) is 0 Å². The molecule has 6 nitrogen and oxygen atoms in total. The Morgan fingerprint density at radius 2 is 2.00 bits per heavy atom. The first kappa shape index (κ1) is 21.6. The average molecular weight is 479 g/mol. The second-order valence-corrected chi connectivity index (χ2v) is 9.71. The number of thiazole rings is 1. The molecule has 0 saturated heterocycles. The van der Waals surface area contributed by atoms with E-state index in [1.807, 2.05) is 61.5 Å². The predicted octanol–water partition coefficient (Wildman–Crippen LogP) is 6.72. The van der Waals surface area contributed by atoms with E-state index in [-0.39, 0.29) is 5.91 Å². The van der Waals surface area contributed by atoms with Crippen LogP contribution in [0.25, 0.3) is 32.2 Å². The van der Waals surface area contributed by atoms with Crippen LogP contribution in [0.5, 0.6) is 11.5 Å². The molecule has 1 N–H and O–H groups in total. The smallest absolute Gasteiger partial charge is 0.225 e. The van der Waals surface area contributed by atoms with Crippen LogP contribution in [-0.2, 0) is 4.79 Å². The monoisotopic (exact) mass is 478 g/mol. The number of hydrogen-bond donors (Lipinski definition) is 1. The zero-order chi connectivity index (χ0) is 22.8. The number of nitrogens with zero attached hydrogens (tertiary/aromatic N) is 1. The third kappa shape index (κ3) is 4.49. The lowest BCUT2D eigenvalue weighted by molar-refractivity contribution is -0.115. The van der Waals surface area contributed by atoms with Gasteiger partial charge in [-0.3, -0.25) is 4.79 Å². The van der Waals surface area contributed by atoms with Crippen molar-refractivity contribution in [1.29, 1.82) is 0 Å². The van der Waals surface area contributed by atoms with E-state index in [0.29, 0.717) is 35.8 Å². The first-order valence-corrected chi connectivity index (χ1v) is 12.4. The number of carbonyl (C=O) groups is 1. The van der Waals surface area contributed by atoms with E-state index in [4.69, 9.17) is 13.9 Å². The van der Waals surface area contributed by atoms with Crippen LogP contribution in [0.1, 0.15) is 13.3 Å². The van der Waals surface area contributed by atoms with Crippen LogP contribution < -0.4 is 14.8 Å². The standard InChI is InChI=1S/C25H22N2O4S2/c1-3-30-15-8-9-18-23(12-15)33-25(27-18)32-11-10-24(28)26-19-14-21-17(13-22(19)29-2)16-6-4-5-7-20(16)31-21/h4-9,12-14H,3,10-11H2,1-2H3,(H,26,28). The van der Waals surface area contributed by atoms with Gasteiger partial charge in [-0.15, -0.1) is 11.3 Å². The summed E-state index contributed by atoms with van der Waals surface area (Å²) >= 11 is 3.19. The number of fused-ring (bicyclic) bond motifs is 4. The molecule has 0 fully saturated rings. The summed E-state index contributed by atoms with van der Waals surface area (Å²) in [4.78, 5) is 17.3. The van der Waals surface area contributed by atoms with Gasteiger partial charge in [-0.2, -0.15) is 0 Å². The van der Waals surface area contributed by atoms with Crippen LogP contribution >= 0.6 is 23.1 Å². The lowest BCUT2D eigenvalue weighted by Gasteiger charge is -2.10. The van der Waals surface area contributed by atoms with Gasteiger partial charge in [0.15, 0.2) is 4.34 Å². The number of nitrogens with one attached hydrogen (secondary N) is 1. The summed E-state index contributed by atoms with van der Waals surface area (Å²) in [7, 11) is 1.60. The van der Waals surface area contributed by atoms with Gasteiger partial charge in [0, 0.05) is 29.0 Å². The van der Waals surface area contributed by atoms with Gasteiger partial charge in [0.25, 0.3) is 0 Å². The molecule has 2 aromatic heterocycles. The fraction of sp³-hybridized carbons (Fsp3) is 0.200. The molecule has 0 atom stereocenters. The van der Waals surface area contributed by atoms with Gasteiger partial charge < -0.3 is 19.2 Å². The summed E-state index contributed by atoms with van der Waals surface area (Å²) in [6.07, 6.45) is 0.353. The van der Waals surface area contributed by atoms with Crippen LogP contribution in [0.4, 0.5) is 5.69 Å². The molecule has 0 bridgehead atoms. The molecule has 8 heteroatoms. The number of anilines is 1. The van der Waals surface area contributed by atoms with Gasteiger partial charge >= 0.3 is 0 Å². The SMILES string of the molecule is CCOc1ccc2nc(SCCC(=O)Nc3cc4oc5ccccc5c4cc3OC)sc2c1. The second-order valence-electron chi connectivity index (χ2n) is 7.34. The Hall–Kier alpha value is -3.23. The van der Waals surface area contributed by atoms with Gasteiger partial charge in [-0.25, -0.2) is 4.98 Å². The van der Waals surface area contributed by atoms with Gasteiger partial charge in [0.1, 0.15) is 22.7 Å². The summed E-state index contributed by atoms with van der Waals surface area (Å²) in [6, 6.07) is 17.5. The lowest BCUT2D eigenvalue weighted by atomic mass is 10.1. The summed E-state index contributed by atoms with van der Waals surface area (Å²) < 4.78 is 19.0. The van der Waals surface area contributed by atoms with Crippen molar-refractivity contribution in [3.63, 3.8) is 0 Å². The van der Waals surface area contributed by atoms with E-state index >= 15 is 0 Å². The zero-order valence-corrected chi connectivity index (χ0v) is 19.8. The second kappa shape index (κ2) is 9.33. The minimum absolute atomic E-state index is 0.0870. The van der Waals surface area contributed by atoms with Crippen LogP contribution in [0.2, 0.25) is 0 Å². The number of hydrogen-bond acceptors (Lipinski definition) is 7. The third-order valence-electron chi connectivity index (χ3n) is 5.18. The number of furan rings is 1. The molecular formula is C25H22N2O4S2. The Morgan fingerprint density at radius 1 is 1.12 bits per heavy atom. The molecule has 5 rings (SSSR count). The van der Waals surface area contributed by atoms with Crippen molar-refractivity contribution in [3.05, 3.63) is 54.6 Å². The molecule has 0 aliphatic heterocycles. The summed E-state index contributed by atoms with van der Waals surface area (Å²) in [5.74, 6) is 1.99. The molecule has 3 aromatic carbocycles. The van der Waals surface area contributed by atoms with E-state index in [9.17, 15) is 4.79 Å². The first-order valence-electron chi connectivity index (χ1n) is 10.6. The average Bonchev–Trinajstić information content (AvgIpc) is 3.38. The quantitative estimate of drug-likeness (QED) is 0.249. The van der Waals surface area contributed by atoms with E-state index in [1.54, 1.807) is 30.2 Å². The van der Waals surface area contributed by atoms with Gasteiger partial charge in [-0.05, 0) is 37.3 Å². The van der Waals surface area contributed by atoms with Crippen LogP contribution in [-0.4, -0.2) is 30.4 Å². The van der Waals surface area contributed by atoms with E-state index in [2.05, 4.69) is 10.3 Å². The normalized spacial score (nSPS) is 11.3. The summed E-state index contributed by atoms with van der Waals surface area (Å²) in [5.41, 5.74) is 3.06. The minimum atomic E-state index is -0.0870. The highest BCUT2D eigenvalue weighted by Crippen LogP contribution is 2.37.